The fourth-order valence-electron chi connectivity index (χ4n) is 16.5. The molecule has 0 unspecified atom stereocenters. The first-order chi connectivity index (χ1) is 55.1. The van der Waals surface area contributed by atoms with Crippen LogP contribution in [0.5, 0.6) is 46.0 Å². The minimum atomic E-state index is -3.46. The number of carbonyl (C=O) groups is 8. The van der Waals surface area contributed by atoms with Crippen molar-refractivity contribution in [2.45, 2.75) is 250 Å². The number of hydrogen-bond donors (Lipinski definition) is 6. The summed E-state index contributed by atoms with van der Waals surface area (Å²) >= 11 is 0. The van der Waals surface area contributed by atoms with Crippen molar-refractivity contribution in [3.63, 3.8) is 0 Å². The van der Waals surface area contributed by atoms with Crippen LogP contribution in [-0.4, -0.2) is 150 Å². The highest BCUT2D eigenvalue weighted by molar-refractivity contribution is 6.78. The molecule has 118 heavy (non-hydrogen) atoms. The second kappa shape index (κ2) is 37.4. The summed E-state index contributed by atoms with van der Waals surface area (Å²) in [5.41, 5.74) is -6.02. The van der Waals surface area contributed by atoms with Gasteiger partial charge in [0.2, 0.25) is 69.3 Å². The van der Waals surface area contributed by atoms with Crippen LogP contribution in [0.25, 0.3) is 11.1 Å². The van der Waals surface area contributed by atoms with E-state index in [0.29, 0.717) is 0 Å². The van der Waals surface area contributed by atoms with Crippen LogP contribution in [0.3, 0.4) is 0 Å². The maximum atomic E-state index is 16.7. The number of nitrogens with zero attached hydrogens (tertiary/aromatic N) is 4. The Kier molecular flexibility index (Phi) is 29.3. The van der Waals surface area contributed by atoms with Crippen molar-refractivity contribution in [2.24, 2.45) is 5.92 Å². The van der Waals surface area contributed by atoms with E-state index < -0.39 is 186 Å². The number of nitro groups is 2. The zero-order chi connectivity index (χ0) is 88.0. The number of nitriles is 1. The Bertz CT molecular complexity index is 4640. The molecule has 0 aliphatic carbocycles. The lowest BCUT2D eigenvalue weighted by atomic mass is 9.89. The number of nitro benzene ring substituents is 2. The molecule has 640 valence electrons. The quantitative estimate of drug-likeness (QED) is 0.0153. The van der Waals surface area contributed by atoms with E-state index in [-0.39, 0.29) is 102 Å². The van der Waals surface area contributed by atoms with Gasteiger partial charge in [-0.05, 0) is 152 Å². The first kappa shape index (κ1) is 92.6. The molecule has 0 fully saturated rings. The molecule has 5 aromatic rings. The number of ether oxygens (including phenoxy) is 8. The van der Waals surface area contributed by atoms with Crippen LogP contribution >= 0.6 is 0 Å². The van der Waals surface area contributed by atoms with Crippen molar-refractivity contribution in [1.29, 1.82) is 5.26 Å². The molecule has 5 heterocycles. The summed E-state index contributed by atoms with van der Waals surface area (Å²) < 4.78 is 64.4. The summed E-state index contributed by atoms with van der Waals surface area (Å²) in [5.74, 6) is -10.6. The summed E-state index contributed by atoms with van der Waals surface area (Å²) in [6.07, 6.45) is -5.26. The predicted molar refractivity (Wildman–Crippen MR) is 442 cm³/mol. The van der Waals surface area contributed by atoms with Crippen molar-refractivity contribution in [2.75, 3.05) is 35.5 Å². The van der Waals surface area contributed by atoms with Crippen molar-refractivity contribution >= 4 is 75.5 Å². The lowest BCUT2D eigenvalue weighted by Crippen LogP contribution is -2.61. The molecule has 5 aliphatic rings. The highest BCUT2D eigenvalue weighted by Gasteiger charge is 2.53. The number of nitrogens with one attached hydrogen (secondary N) is 6. The van der Waals surface area contributed by atoms with Crippen LogP contribution in [0.15, 0.2) is 78.9 Å². The third-order valence-electron chi connectivity index (χ3n) is 21.7. The SMILES string of the molecule is COc1cc(OC)c2c(c1)[C@@H](C(=O)OC(C)(C)C)NC(=O)[C@H]1NC(=O)[C@H](NC(=O)[C@@H]3NC(=O)[C@H](CC#N)NC(=O)[C@H](NC(=O)[C@H](CC(C)C)N(C)C(=O)OC(C)(C)C)[C@H](O[Si](C(C)C)(C(C)C)C(C)C)c4ccc(c([N+](=O)[O-])c4)Oc4cc3cc(c4OC)Oc3ccc(cc3[N+](=O)[O-])[C@H]1O[Si](C(C)C)(C(C)C)C(C)C)c1ccc(OC)c-2c1. The normalized spacial score (nSPS) is 19.6. The van der Waals surface area contributed by atoms with E-state index in [1.54, 1.807) is 55.4 Å². The van der Waals surface area contributed by atoms with Crippen molar-refractivity contribution < 1.29 is 94.9 Å². The molecule has 0 spiro atoms. The van der Waals surface area contributed by atoms with Gasteiger partial charge in [0.05, 0.1) is 50.8 Å². The van der Waals surface area contributed by atoms with Gasteiger partial charge in [0.1, 0.15) is 76.9 Å². The van der Waals surface area contributed by atoms with Gasteiger partial charge < -0.3 is 78.6 Å². The Morgan fingerprint density at radius 2 is 1.03 bits per heavy atom. The fraction of sp³-hybridized carbons (Fsp3) is 0.536. The van der Waals surface area contributed by atoms with E-state index >= 15 is 33.6 Å². The molecule has 34 heteroatoms. The molecule has 7 amide bonds. The highest BCUT2D eigenvalue weighted by atomic mass is 28.4. The molecular weight excluding hydrogens is 1560 g/mol. The second-order valence-corrected chi connectivity index (χ2v) is 45.0. The maximum Gasteiger partial charge on any atom is 0.410 e. The van der Waals surface area contributed by atoms with Crippen molar-refractivity contribution in [3.05, 3.63) is 127 Å². The Hall–Kier alpha value is -10.9. The zero-order valence-electron chi connectivity index (χ0n) is 71.9. The number of hydrogen-bond acceptors (Lipinski definition) is 23. The van der Waals surface area contributed by atoms with E-state index in [1.807, 2.05) is 89.2 Å². The fourth-order valence-corrected chi connectivity index (χ4v) is 27.6. The number of amides is 7. The Labute approximate surface area is 691 Å². The lowest BCUT2D eigenvalue weighted by Gasteiger charge is -2.46. The van der Waals surface area contributed by atoms with E-state index in [9.17, 15) is 30.3 Å². The monoisotopic (exact) mass is 1670 g/mol. The number of benzene rings is 5. The van der Waals surface area contributed by atoms with Crippen molar-refractivity contribution in [1.82, 2.24) is 36.8 Å². The van der Waals surface area contributed by atoms with Crippen LogP contribution in [0.4, 0.5) is 16.2 Å². The van der Waals surface area contributed by atoms with Crippen LogP contribution in [0, 0.1) is 37.5 Å². The molecule has 32 nitrogen and oxygen atoms in total. The number of likely N-dealkylation sites (N-methyl/N-ethyl adjacent to an activating group) is 1. The molecule has 0 aromatic heterocycles. The maximum absolute atomic E-state index is 16.7. The molecule has 0 radical (unpaired) electrons. The molecule has 9 atom stereocenters. The van der Waals surface area contributed by atoms with Gasteiger partial charge in [0, 0.05) is 41.9 Å². The Morgan fingerprint density at radius 3 is 1.50 bits per heavy atom. The van der Waals surface area contributed by atoms with Crippen LogP contribution in [-0.2, 0) is 51.9 Å². The van der Waals surface area contributed by atoms with Crippen LogP contribution in [0.1, 0.15) is 209 Å². The standard InChI is InChI=1S/C84H114N10O22Si2/c1-42(2)34-59(92(21)82(102)114-84(18,19)20)76(96)90-70-72(115-117(43(3)4,44(5)6)45(7)8)50-27-30-61(57(36-50)93(103)104)111-64-38-52-39-65(74(64)110-25)112-62-31-28-51(37-58(62)94(105)106)73(116-118(46(9)10,47(11)12)48(13)14)71-80(100)89-69(81(101)113-83(15,16)17)55-40-53(107-22)41-63(109-24)66(55)54-35-49(26-29-60(54)108-23)67(77(97)91-71)88-78(98)68(52)87-75(95)56(32-33-85)86-79(70)99/h26-31,35-48,56,59,67-73H,32,34H2,1-25H3,(H,86,99)(H,87,95)(H,88,98)(H,89,100)(H,90,96)(H,91,97)/t56-,59-,67+,68+,69-,70+,71-,72+,73+/m0/s1. The molecule has 5 aliphatic heterocycles. The summed E-state index contributed by atoms with van der Waals surface area (Å²) in [6.45, 7) is 36.6. The molecule has 0 saturated carbocycles. The average molecular weight is 1670 g/mol. The lowest BCUT2D eigenvalue weighted by molar-refractivity contribution is -0.385. The zero-order valence-corrected chi connectivity index (χ0v) is 73.9. The third kappa shape index (κ3) is 19.9. The first-order valence-electron chi connectivity index (χ1n) is 39.5. The van der Waals surface area contributed by atoms with Gasteiger partial charge >= 0.3 is 23.4 Å². The summed E-state index contributed by atoms with van der Waals surface area (Å²) in [5, 5.41) is 55.8. The number of fused-ring (bicyclic) bond motifs is 15. The van der Waals surface area contributed by atoms with Gasteiger partial charge in [0.25, 0.3) is 0 Å². The molecule has 5 aromatic carbocycles. The molecule has 0 saturated heterocycles. The van der Waals surface area contributed by atoms with Gasteiger partial charge in [-0.25, -0.2) is 9.59 Å². The summed E-state index contributed by atoms with van der Waals surface area (Å²) in [6, 6.07) is 5.22. The summed E-state index contributed by atoms with van der Waals surface area (Å²) in [7, 11) is -0.325. The highest BCUT2D eigenvalue weighted by Crippen LogP contribution is 2.53. The Morgan fingerprint density at radius 1 is 0.551 bits per heavy atom. The smallest absolute Gasteiger partial charge is 0.410 e. The first-order valence-corrected chi connectivity index (χ1v) is 43.7. The van der Waals surface area contributed by atoms with E-state index in [1.165, 1.54) is 83.0 Å². The summed E-state index contributed by atoms with van der Waals surface area (Å²) in [4.78, 5) is 155. The van der Waals surface area contributed by atoms with Crippen molar-refractivity contribution in [3.8, 4) is 63.2 Å². The second-order valence-electron chi connectivity index (χ2n) is 34.2. The van der Waals surface area contributed by atoms with E-state index in [4.69, 9.17) is 46.7 Å². The molecule has 6 N–H and O–H groups in total. The minimum Gasteiger partial charge on any atom is -0.497 e. The van der Waals surface area contributed by atoms with Gasteiger partial charge in [-0.3, -0.25) is 53.9 Å². The Balaban J connectivity index is 1.53. The van der Waals surface area contributed by atoms with Gasteiger partial charge in [-0.2, -0.15) is 5.26 Å². The van der Waals surface area contributed by atoms with Crippen LogP contribution < -0.4 is 60.3 Å². The van der Waals surface area contributed by atoms with E-state index in [0.717, 1.165) is 36.3 Å². The molecular formula is C84H114N10O22Si2. The number of methoxy groups -OCH3 is 4. The topological polar surface area (TPSA) is 414 Å². The minimum absolute atomic E-state index is 0.00982. The number of rotatable bonds is 23. The molecule has 10 rings (SSSR count). The van der Waals surface area contributed by atoms with Gasteiger partial charge in [-0.1, -0.05) is 115 Å². The van der Waals surface area contributed by atoms with Gasteiger partial charge in [-0.15, -0.1) is 0 Å². The van der Waals surface area contributed by atoms with E-state index in [2.05, 4.69) is 31.9 Å². The van der Waals surface area contributed by atoms with Crippen LogP contribution in [0.2, 0.25) is 33.2 Å². The van der Waals surface area contributed by atoms with Gasteiger partial charge in [0.15, 0.2) is 17.5 Å². The number of esters is 1. The number of carbonyl (C=O) groups excluding carboxylic acids is 8. The average Bonchev–Trinajstić information content (AvgIpc) is 0.757. The largest absolute Gasteiger partial charge is 0.497 e. The molecule has 11 bridgehead atoms. The third-order valence-corrected chi connectivity index (χ3v) is 33.8. The predicted octanol–water partition coefficient (Wildman–Crippen LogP) is 14.5.